The van der Waals surface area contributed by atoms with Gasteiger partial charge >= 0.3 is 13.6 Å². The number of carboxylic acids is 1. The fraction of sp³-hybridized carbons (Fsp3) is 0.154. The van der Waals surface area contributed by atoms with E-state index in [0.717, 1.165) is 5.56 Å². The zero-order chi connectivity index (χ0) is 14.6. The van der Waals surface area contributed by atoms with E-state index in [0.29, 0.717) is 5.56 Å². The largest absolute Gasteiger partial charge is 0.481 e. The van der Waals surface area contributed by atoms with E-state index in [2.05, 4.69) is 0 Å². The Kier molecular flexibility index (Phi) is 4.60. The normalized spacial score (nSPS) is 13.7. The second kappa shape index (κ2) is 6.22. The summed E-state index contributed by atoms with van der Waals surface area (Å²) in [5, 5.41) is 12.4. The summed E-state index contributed by atoms with van der Waals surface area (Å²) in [4.78, 5) is 20.6. The number of para-hydroxylation sites is 1. The number of carbonyl (C=O) groups is 1. The van der Waals surface area contributed by atoms with Crippen LogP contribution in [0.3, 0.4) is 0 Å². The summed E-state index contributed by atoms with van der Waals surface area (Å²) in [7, 11) is -3.86. The van der Waals surface area contributed by atoms with Crippen molar-refractivity contribution in [1.82, 2.24) is 0 Å². The highest BCUT2D eigenvalue weighted by Gasteiger charge is 2.23. The van der Waals surface area contributed by atoms with Crippen molar-refractivity contribution in [3.05, 3.63) is 52.2 Å². The van der Waals surface area contributed by atoms with Gasteiger partial charge in [0.2, 0.25) is 0 Å². The van der Waals surface area contributed by atoms with Crippen molar-refractivity contribution in [3.8, 4) is 5.75 Å². The summed E-state index contributed by atoms with van der Waals surface area (Å²) in [6.07, 6.45) is -0.355. The molecule has 1 heterocycles. The van der Waals surface area contributed by atoms with Crippen LogP contribution in [0.25, 0.3) is 0 Å². The van der Waals surface area contributed by atoms with E-state index >= 15 is 0 Å². The van der Waals surface area contributed by atoms with Gasteiger partial charge in [0, 0.05) is 5.56 Å². The van der Waals surface area contributed by atoms with Crippen molar-refractivity contribution in [2.45, 2.75) is 12.6 Å². The minimum atomic E-state index is -3.86. The highest BCUT2D eigenvalue weighted by Crippen LogP contribution is 2.47. The molecule has 1 aromatic carbocycles. The SMILES string of the molecule is O=C(O)Cc1ccccc1OP(=O)(O)Cc1ccsc1. The second-order valence-corrected chi connectivity index (χ2v) is 6.75. The topological polar surface area (TPSA) is 83.8 Å². The van der Waals surface area contributed by atoms with Crippen molar-refractivity contribution in [2.24, 2.45) is 0 Å². The lowest BCUT2D eigenvalue weighted by molar-refractivity contribution is -0.136. The van der Waals surface area contributed by atoms with Crippen molar-refractivity contribution < 1.29 is 23.9 Å². The molecule has 2 rings (SSSR count). The molecular formula is C13H13O5PS. The lowest BCUT2D eigenvalue weighted by Gasteiger charge is -2.15. The molecule has 0 radical (unpaired) electrons. The minimum Gasteiger partial charge on any atom is -0.481 e. The first-order valence-corrected chi connectivity index (χ1v) is 8.49. The Morgan fingerprint density at radius 1 is 1.30 bits per heavy atom. The van der Waals surface area contributed by atoms with Crippen LogP contribution in [-0.4, -0.2) is 16.0 Å². The minimum absolute atomic E-state index is 0.0993. The molecule has 0 aliphatic rings. The van der Waals surface area contributed by atoms with Crippen LogP contribution in [0.1, 0.15) is 11.1 Å². The lowest BCUT2D eigenvalue weighted by Crippen LogP contribution is -2.03. The standard InChI is InChI=1S/C13H13O5PS/c14-13(15)7-11-3-1-2-4-12(11)18-19(16,17)8-10-5-6-20-9-10/h1-6,9H,7-8H2,(H,14,15)(H,16,17). The Bertz CT molecular complexity index is 638. The van der Waals surface area contributed by atoms with Gasteiger partial charge in [-0.3, -0.25) is 4.79 Å². The van der Waals surface area contributed by atoms with Crippen molar-refractivity contribution >= 4 is 24.9 Å². The predicted octanol–water partition coefficient (Wildman–Crippen LogP) is 3.14. The van der Waals surface area contributed by atoms with Gasteiger partial charge in [-0.25, -0.2) is 4.57 Å². The molecule has 1 aromatic heterocycles. The van der Waals surface area contributed by atoms with Crippen LogP contribution in [-0.2, 0) is 21.9 Å². The molecule has 106 valence electrons. The van der Waals surface area contributed by atoms with Crippen LogP contribution in [0.15, 0.2) is 41.1 Å². The molecule has 0 amide bonds. The molecule has 2 N–H and O–H groups in total. The van der Waals surface area contributed by atoms with E-state index in [4.69, 9.17) is 9.63 Å². The molecule has 5 nitrogen and oxygen atoms in total. The van der Waals surface area contributed by atoms with Gasteiger partial charge in [-0.05, 0) is 28.5 Å². The van der Waals surface area contributed by atoms with Gasteiger partial charge in [0.25, 0.3) is 0 Å². The summed E-state index contributed by atoms with van der Waals surface area (Å²) in [5.74, 6) is -0.886. The van der Waals surface area contributed by atoms with Crippen molar-refractivity contribution in [3.63, 3.8) is 0 Å². The molecule has 0 spiro atoms. The van der Waals surface area contributed by atoms with Gasteiger partial charge < -0.3 is 14.5 Å². The summed E-state index contributed by atoms with van der Waals surface area (Å²) < 4.78 is 17.2. The molecule has 0 saturated heterocycles. The fourth-order valence-electron chi connectivity index (χ4n) is 1.70. The molecular weight excluding hydrogens is 299 g/mol. The second-order valence-electron chi connectivity index (χ2n) is 4.20. The average molecular weight is 312 g/mol. The summed E-state index contributed by atoms with van der Waals surface area (Å²) >= 11 is 1.43. The average Bonchev–Trinajstić information content (AvgIpc) is 2.82. The zero-order valence-corrected chi connectivity index (χ0v) is 12.1. The molecule has 1 unspecified atom stereocenters. The van der Waals surface area contributed by atoms with Gasteiger partial charge in [-0.1, -0.05) is 18.2 Å². The molecule has 20 heavy (non-hydrogen) atoms. The Labute approximate surface area is 120 Å². The maximum Gasteiger partial charge on any atom is 0.381 e. The first-order chi connectivity index (χ1) is 9.46. The number of carboxylic acid groups (broad SMARTS) is 1. The first kappa shape index (κ1) is 14.8. The van der Waals surface area contributed by atoms with Gasteiger partial charge in [0.05, 0.1) is 12.6 Å². The Hall–Kier alpha value is -1.62. The van der Waals surface area contributed by atoms with Crippen LogP contribution >= 0.6 is 18.9 Å². The molecule has 2 aromatic rings. The van der Waals surface area contributed by atoms with Gasteiger partial charge in [0.1, 0.15) is 5.75 Å². The number of hydrogen-bond acceptors (Lipinski definition) is 4. The van der Waals surface area contributed by atoms with E-state index in [1.807, 2.05) is 5.38 Å². The number of benzene rings is 1. The molecule has 0 fully saturated rings. The molecule has 0 saturated carbocycles. The zero-order valence-electron chi connectivity index (χ0n) is 10.4. The van der Waals surface area contributed by atoms with Crippen LogP contribution in [0, 0.1) is 0 Å². The monoisotopic (exact) mass is 312 g/mol. The number of rotatable bonds is 6. The number of thiophene rings is 1. The highest BCUT2D eigenvalue weighted by atomic mass is 32.1. The number of hydrogen-bond donors (Lipinski definition) is 2. The first-order valence-electron chi connectivity index (χ1n) is 5.78. The van der Waals surface area contributed by atoms with Crippen molar-refractivity contribution in [1.29, 1.82) is 0 Å². The quantitative estimate of drug-likeness (QED) is 0.801. The van der Waals surface area contributed by atoms with E-state index < -0.39 is 13.6 Å². The van der Waals surface area contributed by atoms with Crippen LogP contribution < -0.4 is 4.52 Å². The third-order valence-corrected chi connectivity index (χ3v) is 4.50. The summed E-state index contributed by atoms with van der Waals surface area (Å²) in [6, 6.07) is 8.10. The van der Waals surface area contributed by atoms with Crippen molar-refractivity contribution in [2.75, 3.05) is 0 Å². The van der Waals surface area contributed by atoms with E-state index in [9.17, 15) is 14.3 Å². The van der Waals surface area contributed by atoms with Gasteiger partial charge in [-0.15, -0.1) is 0 Å². The molecule has 1 atom stereocenters. The third-order valence-electron chi connectivity index (χ3n) is 2.52. The maximum absolute atomic E-state index is 12.1. The van der Waals surface area contributed by atoms with E-state index in [1.165, 1.54) is 17.4 Å². The Balaban J connectivity index is 2.16. The third kappa shape index (κ3) is 4.20. The molecule has 0 bridgehead atoms. The Morgan fingerprint density at radius 2 is 2.05 bits per heavy atom. The molecule has 0 aliphatic heterocycles. The fourth-order valence-corrected chi connectivity index (χ4v) is 3.70. The van der Waals surface area contributed by atoms with Gasteiger partial charge in [-0.2, -0.15) is 11.3 Å². The molecule has 7 heteroatoms. The lowest BCUT2D eigenvalue weighted by atomic mass is 10.1. The highest BCUT2D eigenvalue weighted by molar-refractivity contribution is 7.52. The predicted molar refractivity (Wildman–Crippen MR) is 76.3 cm³/mol. The molecule has 0 aliphatic carbocycles. The van der Waals surface area contributed by atoms with Crippen LogP contribution in [0.2, 0.25) is 0 Å². The summed E-state index contributed by atoms with van der Waals surface area (Å²) in [6.45, 7) is 0. The summed E-state index contributed by atoms with van der Waals surface area (Å²) in [5.41, 5.74) is 1.09. The Morgan fingerprint density at radius 3 is 2.70 bits per heavy atom. The van der Waals surface area contributed by atoms with Crippen LogP contribution in [0.5, 0.6) is 5.75 Å². The number of aliphatic carboxylic acids is 1. The van der Waals surface area contributed by atoms with Gasteiger partial charge in [0.15, 0.2) is 0 Å². The van der Waals surface area contributed by atoms with E-state index in [-0.39, 0.29) is 18.3 Å². The maximum atomic E-state index is 12.1. The van der Waals surface area contributed by atoms with E-state index in [1.54, 1.807) is 29.6 Å². The van der Waals surface area contributed by atoms with Crippen LogP contribution in [0.4, 0.5) is 0 Å². The smallest absolute Gasteiger partial charge is 0.381 e.